The minimum atomic E-state index is -0.770. The molecule has 0 saturated heterocycles. The summed E-state index contributed by atoms with van der Waals surface area (Å²) < 4.78 is 26.1. The predicted octanol–water partition coefficient (Wildman–Crippen LogP) is 7.83. The van der Waals surface area contributed by atoms with Crippen LogP contribution in [0.2, 0.25) is 0 Å². The normalized spacial score (nSPS) is 17.7. The fraction of sp³-hybridized carbons (Fsp3) is 0.355. The van der Waals surface area contributed by atoms with Gasteiger partial charge >= 0.3 is 5.97 Å². The smallest absolute Gasteiger partial charge is 0.303 e. The van der Waals surface area contributed by atoms with Crippen molar-refractivity contribution in [2.24, 2.45) is 11.3 Å². The molecule has 0 amide bonds. The summed E-state index contributed by atoms with van der Waals surface area (Å²) in [7, 11) is 1.55. The highest BCUT2D eigenvalue weighted by Gasteiger charge is 2.35. The molecule has 0 bridgehead atoms. The highest BCUT2D eigenvalue weighted by Crippen LogP contribution is 2.49. The molecule has 1 saturated carbocycles. The van der Waals surface area contributed by atoms with E-state index in [1.165, 1.54) is 6.07 Å². The quantitative estimate of drug-likeness (QED) is 0.323. The van der Waals surface area contributed by atoms with Gasteiger partial charge in [0.1, 0.15) is 17.3 Å². The van der Waals surface area contributed by atoms with E-state index in [9.17, 15) is 14.3 Å². The summed E-state index contributed by atoms with van der Waals surface area (Å²) in [6.07, 6.45) is 10.2. The summed E-state index contributed by atoms with van der Waals surface area (Å²) >= 11 is 0. The number of nitrogens with zero attached hydrogens (tertiary/aromatic N) is 1. The number of aromatic nitrogens is 1. The van der Waals surface area contributed by atoms with Crippen LogP contribution in [0.25, 0.3) is 29.0 Å². The van der Waals surface area contributed by atoms with E-state index in [0.29, 0.717) is 28.7 Å². The lowest BCUT2D eigenvalue weighted by atomic mass is 9.80. The monoisotopic (exact) mass is 501 g/mol. The zero-order valence-electron chi connectivity index (χ0n) is 21.5. The highest BCUT2D eigenvalue weighted by molar-refractivity contribution is 5.88. The number of carboxylic acids is 1. The molecule has 5 nitrogen and oxygen atoms in total. The van der Waals surface area contributed by atoms with Gasteiger partial charge in [0.05, 0.1) is 19.1 Å². The van der Waals surface area contributed by atoms with Gasteiger partial charge in [-0.25, -0.2) is 4.39 Å². The zero-order chi connectivity index (χ0) is 26.2. The number of aliphatic carboxylic acids is 1. The third-order valence-corrected chi connectivity index (χ3v) is 7.61. The van der Waals surface area contributed by atoms with Crippen molar-refractivity contribution in [3.63, 3.8) is 0 Å². The van der Waals surface area contributed by atoms with Crippen LogP contribution < -0.4 is 4.74 Å². The molecule has 6 heteroatoms. The van der Waals surface area contributed by atoms with Crippen molar-refractivity contribution in [3.8, 4) is 17.0 Å². The standard InChI is InChI=1S/C31H32FNO4/c1-31(2)15-5-8-25(31)29-27(37-33-30(29)24-17-22(36-3)12-13-26(24)32)14-9-19-6-4-7-21(16-19)23(18-28(34)35)20-10-11-20/h4,6-9,12-14,16-17,20,23H,5,10-11,15,18H2,1-3H3,(H,34,35)/t23-/m0/s1. The van der Waals surface area contributed by atoms with E-state index in [-0.39, 0.29) is 23.6 Å². The van der Waals surface area contributed by atoms with Crippen molar-refractivity contribution in [1.29, 1.82) is 0 Å². The molecular weight excluding hydrogens is 469 g/mol. The van der Waals surface area contributed by atoms with Crippen LogP contribution in [0.5, 0.6) is 5.75 Å². The molecule has 2 aliphatic rings. The van der Waals surface area contributed by atoms with Crippen LogP contribution in [0.15, 0.2) is 53.1 Å². The maximum Gasteiger partial charge on any atom is 0.303 e. The molecule has 2 aliphatic carbocycles. The van der Waals surface area contributed by atoms with Crippen LogP contribution >= 0.6 is 0 Å². The number of rotatable bonds is 9. The Morgan fingerprint density at radius 1 is 1.24 bits per heavy atom. The maximum absolute atomic E-state index is 15.0. The van der Waals surface area contributed by atoms with Gasteiger partial charge in [-0.15, -0.1) is 0 Å². The lowest BCUT2D eigenvalue weighted by Gasteiger charge is -2.22. The fourth-order valence-corrected chi connectivity index (χ4v) is 5.41. The number of hydrogen-bond acceptors (Lipinski definition) is 4. The second kappa shape index (κ2) is 10.0. The Balaban J connectivity index is 1.54. The van der Waals surface area contributed by atoms with Crippen molar-refractivity contribution >= 4 is 23.7 Å². The van der Waals surface area contributed by atoms with Gasteiger partial charge in [-0.1, -0.05) is 55.4 Å². The van der Waals surface area contributed by atoms with Crippen LogP contribution in [-0.2, 0) is 4.79 Å². The first-order valence-electron chi connectivity index (χ1n) is 12.8. The maximum atomic E-state index is 15.0. The van der Waals surface area contributed by atoms with Crippen molar-refractivity contribution in [3.05, 3.63) is 76.8 Å². The number of allylic oxidation sites excluding steroid dienone is 2. The molecule has 37 heavy (non-hydrogen) atoms. The Morgan fingerprint density at radius 3 is 2.73 bits per heavy atom. The van der Waals surface area contributed by atoms with E-state index in [1.54, 1.807) is 19.2 Å². The third kappa shape index (κ3) is 5.24. The number of hydrogen-bond donors (Lipinski definition) is 1. The Bertz CT molecular complexity index is 1380. The average Bonchev–Trinajstić information content (AvgIpc) is 3.54. The molecule has 1 aromatic heterocycles. The minimum Gasteiger partial charge on any atom is -0.497 e. The summed E-state index contributed by atoms with van der Waals surface area (Å²) in [6, 6.07) is 12.6. The molecule has 5 rings (SSSR count). The van der Waals surface area contributed by atoms with Crippen molar-refractivity contribution in [2.75, 3.05) is 7.11 Å². The summed E-state index contributed by atoms with van der Waals surface area (Å²) in [5.41, 5.74) is 4.57. The summed E-state index contributed by atoms with van der Waals surface area (Å²) in [5.74, 6) is 0.416. The number of benzene rings is 2. The fourth-order valence-electron chi connectivity index (χ4n) is 5.41. The van der Waals surface area contributed by atoms with Gasteiger partial charge in [0, 0.05) is 5.56 Å². The number of methoxy groups -OCH3 is 1. The Morgan fingerprint density at radius 2 is 2.05 bits per heavy atom. The van der Waals surface area contributed by atoms with Crippen LogP contribution in [0.1, 0.15) is 74.3 Å². The van der Waals surface area contributed by atoms with E-state index in [4.69, 9.17) is 9.26 Å². The predicted molar refractivity (Wildman–Crippen MR) is 143 cm³/mol. The summed E-state index contributed by atoms with van der Waals surface area (Å²) in [5, 5.41) is 13.7. The Labute approximate surface area is 216 Å². The molecular formula is C31H32FNO4. The largest absolute Gasteiger partial charge is 0.497 e. The van der Waals surface area contributed by atoms with Gasteiger partial charge in [-0.3, -0.25) is 4.79 Å². The van der Waals surface area contributed by atoms with Gasteiger partial charge in [0.25, 0.3) is 0 Å². The zero-order valence-corrected chi connectivity index (χ0v) is 21.5. The number of carboxylic acid groups (broad SMARTS) is 1. The van der Waals surface area contributed by atoms with Gasteiger partial charge in [-0.2, -0.15) is 0 Å². The molecule has 1 atom stereocenters. The Kier molecular flexibility index (Phi) is 6.76. The van der Waals surface area contributed by atoms with Gasteiger partial charge in [0.2, 0.25) is 0 Å². The first kappa shape index (κ1) is 25.0. The van der Waals surface area contributed by atoms with Crippen molar-refractivity contribution in [1.82, 2.24) is 5.16 Å². The van der Waals surface area contributed by atoms with Crippen LogP contribution in [0.3, 0.4) is 0 Å². The third-order valence-electron chi connectivity index (χ3n) is 7.61. The minimum absolute atomic E-state index is 0.0266. The first-order chi connectivity index (χ1) is 17.8. The highest BCUT2D eigenvalue weighted by atomic mass is 19.1. The average molecular weight is 502 g/mol. The van der Waals surface area contributed by atoms with E-state index in [0.717, 1.165) is 47.9 Å². The molecule has 1 heterocycles. The second-order valence-electron chi connectivity index (χ2n) is 10.7. The van der Waals surface area contributed by atoms with Gasteiger partial charge in [0.15, 0.2) is 5.76 Å². The number of ether oxygens (including phenoxy) is 1. The second-order valence-corrected chi connectivity index (χ2v) is 10.7. The summed E-state index contributed by atoms with van der Waals surface area (Å²) in [6.45, 7) is 4.37. The van der Waals surface area contributed by atoms with E-state index < -0.39 is 5.97 Å². The molecule has 1 N–H and O–H groups in total. The van der Waals surface area contributed by atoms with Crippen molar-refractivity contribution < 1.29 is 23.6 Å². The SMILES string of the molecule is COc1ccc(F)c(-c2noc(C=Cc3cccc([C@@H](CC(=O)O)C4CC4)c3)c2C2=CCCC2(C)C)c1. The lowest BCUT2D eigenvalue weighted by Crippen LogP contribution is -2.10. The molecule has 0 radical (unpaired) electrons. The van der Waals surface area contributed by atoms with E-state index in [1.807, 2.05) is 30.4 Å². The van der Waals surface area contributed by atoms with E-state index in [2.05, 4.69) is 31.1 Å². The van der Waals surface area contributed by atoms with Gasteiger partial charge < -0.3 is 14.4 Å². The molecule has 0 spiro atoms. The van der Waals surface area contributed by atoms with Crippen molar-refractivity contribution in [2.45, 2.75) is 51.9 Å². The van der Waals surface area contributed by atoms with Gasteiger partial charge in [-0.05, 0) is 83.9 Å². The molecule has 0 unspecified atom stereocenters. The molecule has 2 aromatic carbocycles. The Hall–Kier alpha value is -3.67. The number of carbonyl (C=O) groups is 1. The summed E-state index contributed by atoms with van der Waals surface area (Å²) in [4.78, 5) is 11.4. The van der Waals surface area contributed by atoms with Crippen LogP contribution in [-0.4, -0.2) is 23.3 Å². The van der Waals surface area contributed by atoms with Crippen LogP contribution in [0, 0.1) is 17.2 Å². The molecule has 3 aromatic rings. The van der Waals surface area contributed by atoms with Crippen LogP contribution in [0.4, 0.5) is 4.39 Å². The molecule has 1 fully saturated rings. The first-order valence-corrected chi connectivity index (χ1v) is 12.8. The lowest BCUT2D eigenvalue weighted by molar-refractivity contribution is -0.137. The van der Waals surface area contributed by atoms with E-state index >= 15 is 0 Å². The topological polar surface area (TPSA) is 72.6 Å². The number of halogens is 1. The molecule has 192 valence electrons. The molecule has 0 aliphatic heterocycles.